The average Bonchev–Trinajstić information content (AvgIpc) is 3.52. The fourth-order valence-electron chi connectivity index (χ4n) is 5.38. The van der Waals surface area contributed by atoms with E-state index in [1.807, 2.05) is 36.4 Å². The van der Waals surface area contributed by atoms with Gasteiger partial charge >= 0.3 is 0 Å². The zero-order valence-electron chi connectivity index (χ0n) is 25.6. The third-order valence-corrected chi connectivity index (χ3v) is 8.77. The molecule has 2 N–H and O–H groups in total. The van der Waals surface area contributed by atoms with E-state index in [1.54, 1.807) is 26.5 Å². The molecule has 1 saturated heterocycles. The molecule has 1 amide bonds. The SMILES string of the molecule is COc1ccc(CC(=O)Nc2ncc(-c3ccc(OCCCCNC4CCN(Cc5ccccc5)CC4)cc3)s2)cc1OC. The number of piperidine rings is 1. The molecule has 1 aliphatic heterocycles. The third-order valence-electron chi connectivity index (χ3n) is 7.81. The lowest BCUT2D eigenvalue weighted by Crippen LogP contribution is -2.42. The van der Waals surface area contributed by atoms with Crippen LogP contribution in [0.15, 0.2) is 79.0 Å². The summed E-state index contributed by atoms with van der Waals surface area (Å²) in [5, 5.41) is 7.21. The molecule has 1 aliphatic rings. The molecule has 0 bridgehead atoms. The molecular formula is C35H42N4O4S. The minimum absolute atomic E-state index is 0.138. The Morgan fingerprint density at radius 1 is 0.932 bits per heavy atom. The van der Waals surface area contributed by atoms with Crippen LogP contribution in [-0.2, 0) is 17.8 Å². The van der Waals surface area contributed by atoms with Crippen LogP contribution in [0.4, 0.5) is 5.13 Å². The molecule has 0 aliphatic carbocycles. The van der Waals surface area contributed by atoms with E-state index in [-0.39, 0.29) is 12.3 Å². The molecule has 0 spiro atoms. The Kier molecular flexibility index (Phi) is 11.6. The quantitative estimate of drug-likeness (QED) is 0.150. The summed E-state index contributed by atoms with van der Waals surface area (Å²) in [7, 11) is 3.16. The molecule has 0 saturated carbocycles. The fourth-order valence-corrected chi connectivity index (χ4v) is 6.22. The van der Waals surface area contributed by atoms with Crippen LogP contribution >= 0.6 is 11.3 Å². The third kappa shape index (κ3) is 9.29. The maximum absolute atomic E-state index is 12.6. The second kappa shape index (κ2) is 16.2. The van der Waals surface area contributed by atoms with E-state index in [4.69, 9.17) is 14.2 Å². The number of aromatic nitrogens is 1. The fraction of sp³-hybridized carbons (Fsp3) is 0.371. The molecule has 3 aromatic carbocycles. The normalized spacial score (nSPS) is 13.9. The summed E-state index contributed by atoms with van der Waals surface area (Å²) in [4.78, 5) is 20.5. The van der Waals surface area contributed by atoms with Crippen LogP contribution in [0.3, 0.4) is 0 Å². The summed E-state index contributed by atoms with van der Waals surface area (Å²) in [6, 6.07) is 24.9. The van der Waals surface area contributed by atoms with Gasteiger partial charge < -0.3 is 24.8 Å². The number of unbranched alkanes of at least 4 members (excludes halogenated alkanes) is 1. The Bertz CT molecular complexity index is 1450. The molecule has 44 heavy (non-hydrogen) atoms. The molecule has 232 valence electrons. The number of hydrogen-bond donors (Lipinski definition) is 2. The lowest BCUT2D eigenvalue weighted by atomic mass is 10.0. The summed E-state index contributed by atoms with van der Waals surface area (Å²) >= 11 is 1.45. The zero-order valence-corrected chi connectivity index (χ0v) is 26.4. The smallest absolute Gasteiger partial charge is 0.230 e. The molecule has 0 radical (unpaired) electrons. The number of hydrogen-bond acceptors (Lipinski definition) is 8. The summed E-state index contributed by atoms with van der Waals surface area (Å²) in [5.41, 5.74) is 3.27. The highest BCUT2D eigenvalue weighted by atomic mass is 32.1. The molecule has 2 heterocycles. The van der Waals surface area contributed by atoms with Crippen LogP contribution in [-0.4, -0.2) is 62.3 Å². The first-order valence-corrected chi connectivity index (χ1v) is 16.1. The van der Waals surface area contributed by atoms with E-state index < -0.39 is 0 Å². The Labute approximate surface area is 264 Å². The Morgan fingerprint density at radius 2 is 1.70 bits per heavy atom. The number of rotatable bonds is 15. The maximum atomic E-state index is 12.6. The van der Waals surface area contributed by atoms with Gasteiger partial charge in [0.05, 0.1) is 32.1 Å². The molecule has 8 nitrogen and oxygen atoms in total. The highest BCUT2D eigenvalue weighted by Crippen LogP contribution is 2.31. The van der Waals surface area contributed by atoms with Gasteiger partial charge in [-0.25, -0.2) is 4.98 Å². The van der Waals surface area contributed by atoms with Crippen molar-refractivity contribution in [3.63, 3.8) is 0 Å². The second-order valence-corrected chi connectivity index (χ2v) is 12.0. The van der Waals surface area contributed by atoms with Crippen molar-refractivity contribution in [2.75, 3.05) is 45.8 Å². The van der Waals surface area contributed by atoms with Gasteiger partial charge in [-0.3, -0.25) is 9.69 Å². The van der Waals surface area contributed by atoms with E-state index >= 15 is 0 Å². The standard InChI is InChI=1S/C35H42N4O4S/c1-41-31-15-10-27(22-32(31)42-2)23-34(40)38-35-37-24-33(44-35)28-11-13-30(14-12-28)43-21-7-6-18-36-29-16-19-39(20-17-29)25-26-8-4-3-5-9-26/h3-5,8-15,22,24,29,36H,6-7,16-21,23,25H2,1-2H3,(H,37,38,40). The van der Waals surface area contributed by atoms with Gasteiger partial charge in [-0.05, 0) is 98.4 Å². The van der Waals surface area contributed by atoms with Crippen molar-refractivity contribution in [2.24, 2.45) is 0 Å². The van der Waals surface area contributed by atoms with E-state index in [9.17, 15) is 4.79 Å². The minimum atomic E-state index is -0.138. The zero-order chi connectivity index (χ0) is 30.6. The first kappa shape index (κ1) is 31.5. The van der Waals surface area contributed by atoms with Crippen molar-refractivity contribution in [3.8, 4) is 27.7 Å². The number of methoxy groups -OCH3 is 2. The van der Waals surface area contributed by atoms with Crippen molar-refractivity contribution in [3.05, 3.63) is 90.1 Å². The van der Waals surface area contributed by atoms with Crippen LogP contribution in [0.1, 0.15) is 36.8 Å². The number of nitrogens with one attached hydrogen (secondary N) is 2. The number of likely N-dealkylation sites (tertiary alicyclic amines) is 1. The maximum Gasteiger partial charge on any atom is 0.230 e. The molecule has 5 rings (SSSR count). The minimum Gasteiger partial charge on any atom is -0.494 e. The highest BCUT2D eigenvalue weighted by Gasteiger charge is 2.18. The summed E-state index contributed by atoms with van der Waals surface area (Å²) in [5.74, 6) is 1.95. The molecule has 4 aromatic rings. The topological polar surface area (TPSA) is 85.0 Å². The van der Waals surface area contributed by atoms with Gasteiger partial charge in [-0.1, -0.05) is 47.7 Å². The van der Waals surface area contributed by atoms with Gasteiger partial charge in [-0.15, -0.1) is 0 Å². The predicted octanol–water partition coefficient (Wildman–Crippen LogP) is 6.42. The highest BCUT2D eigenvalue weighted by molar-refractivity contribution is 7.19. The molecule has 1 aromatic heterocycles. The van der Waals surface area contributed by atoms with Gasteiger partial charge in [0.2, 0.25) is 5.91 Å². The van der Waals surface area contributed by atoms with Crippen molar-refractivity contribution >= 4 is 22.4 Å². The summed E-state index contributed by atoms with van der Waals surface area (Å²) < 4.78 is 16.6. The van der Waals surface area contributed by atoms with Crippen LogP contribution in [0.5, 0.6) is 17.2 Å². The molecule has 9 heteroatoms. The number of thiazole rings is 1. The number of benzene rings is 3. The Morgan fingerprint density at radius 3 is 2.45 bits per heavy atom. The Balaban J connectivity index is 0.967. The first-order chi connectivity index (χ1) is 21.6. The predicted molar refractivity (Wildman–Crippen MR) is 177 cm³/mol. The number of carbonyl (C=O) groups is 1. The average molecular weight is 615 g/mol. The van der Waals surface area contributed by atoms with Crippen molar-refractivity contribution in [1.82, 2.24) is 15.2 Å². The van der Waals surface area contributed by atoms with Crippen LogP contribution in [0, 0.1) is 0 Å². The van der Waals surface area contributed by atoms with Gasteiger partial charge in [0.15, 0.2) is 16.6 Å². The molecular weight excluding hydrogens is 572 g/mol. The van der Waals surface area contributed by atoms with Gasteiger partial charge in [0, 0.05) is 18.8 Å². The van der Waals surface area contributed by atoms with E-state index in [0.29, 0.717) is 29.3 Å². The number of amides is 1. The molecule has 0 unspecified atom stereocenters. The van der Waals surface area contributed by atoms with Crippen molar-refractivity contribution in [2.45, 2.75) is 44.7 Å². The second-order valence-electron chi connectivity index (χ2n) is 11.0. The largest absolute Gasteiger partial charge is 0.494 e. The summed E-state index contributed by atoms with van der Waals surface area (Å²) in [6.07, 6.45) is 6.54. The van der Waals surface area contributed by atoms with Crippen LogP contribution in [0.2, 0.25) is 0 Å². The van der Waals surface area contributed by atoms with E-state index in [0.717, 1.165) is 60.8 Å². The number of carbonyl (C=O) groups excluding carboxylic acids is 1. The number of ether oxygens (including phenoxy) is 3. The van der Waals surface area contributed by atoms with E-state index in [2.05, 4.69) is 50.8 Å². The Hall–Kier alpha value is -3.92. The molecule has 1 fully saturated rings. The van der Waals surface area contributed by atoms with E-state index in [1.165, 1.54) is 29.7 Å². The van der Waals surface area contributed by atoms with Crippen LogP contribution in [0.25, 0.3) is 10.4 Å². The lowest BCUT2D eigenvalue weighted by molar-refractivity contribution is -0.115. The lowest BCUT2D eigenvalue weighted by Gasteiger charge is -2.32. The van der Waals surface area contributed by atoms with Crippen LogP contribution < -0.4 is 24.8 Å². The molecule has 0 atom stereocenters. The monoisotopic (exact) mass is 614 g/mol. The van der Waals surface area contributed by atoms with Gasteiger partial charge in [0.1, 0.15) is 5.75 Å². The van der Waals surface area contributed by atoms with Gasteiger partial charge in [-0.2, -0.15) is 0 Å². The van der Waals surface area contributed by atoms with Crippen molar-refractivity contribution in [1.29, 1.82) is 0 Å². The number of anilines is 1. The first-order valence-electron chi connectivity index (χ1n) is 15.3. The summed E-state index contributed by atoms with van der Waals surface area (Å²) in [6.45, 7) is 5.10. The number of nitrogens with zero attached hydrogens (tertiary/aromatic N) is 2. The van der Waals surface area contributed by atoms with Gasteiger partial charge in [0.25, 0.3) is 0 Å². The van der Waals surface area contributed by atoms with Crippen molar-refractivity contribution < 1.29 is 19.0 Å².